The Morgan fingerprint density at radius 1 is 1.25 bits per heavy atom. The molecule has 1 aliphatic rings. The number of rotatable bonds is 5. The van der Waals surface area contributed by atoms with E-state index in [-0.39, 0.29) is 5.91 Å². The molecule has 1 fully saturated rings. The van der Waals surface area contributed by atoms with Gasteiger partial charge >= 0.3 is 0 Å². The number of piperidine rings is 1. The molecule has 128 valence electrons. The summed E-state index contributed by atoms with van der Waals surface area (Å²) < 4.78 is 12.2. The van der Waals surface area contributed by atoms with Crippen molar-refractivity contribution < 1.29 is 14.3 Å². The monoisotopic (exact) mass is 331 g/mol. The Labute approximate surface area is 140 Å². The zero-order chi connectivity index (χ0) is 16.9. The topological polar surface area (TPSA) is 90.3 Å². The van der Waals surface area contributed by atoms with Gasteiger partial charge in [0.1, 0.15) is 0 Å². The number of hydrogen-bond donors (Lipinski definition) is 2. The Hall–Kier alpha value is -2.61. The molecule has 0 radical (unpaired) electrons. The number of carbonyl (C=O) groups excluding carboxylic acids is 1. The van der Waals surface area contributed by atoms with Crippen LogP contribution in [0.2, 0.25) is 0 Å². The third-order valence-electron chi connectivity index (χ3n) is 4.07. The third-order valence-corrected chi connectivity index (χ3v) is 4.07. The van der Waals surface area contributed by atoms with Crippen LogP contribution in [0.15, 0.2) is 24.4 Å². The molecule has 2 N–H and O–H groups in total. The predicted octanol–water partition coefficient (Wildman–Crippen LogP) is 1.47. The van der Waals surface area contributed by atoms with Gasteiger partial charge in [-0.3, -0.25) is 4.79 Å². The summed E-state index contributed by atoms with van der Waals surface area (Å²) in [6, 6.07) is 5.48. The highest BCUT2D eigenvalue weighted by Gasteiger charge is 2.19. The minimum absolute atomic E-state index is 0.293. The average molecular weight is 331 g/mol. The van der Waals surface area contributed by atoms with E-state index in [0.29, 0.717) is 28.9 Å². The van der Waals surface area contributed by atoms with Crippen molar-refractivity contribution in [1.29, 1.82) is 0 Å². The maximum absolute atomic E-state index is 12.4. The molecule has 1 saturated heterocycles. The molecule has 0 atom stereocenters. The summed E-state index contributed by atoms with van der Waals surface area (Å²) in [7, 11) is 3.11. The summed E-state index contributed by atoms with van der Waals surface area (Å²) >= 11 is 0. The van der Waals surface area contributed by atoms with Crippen LogP contribution in [-0.2, 0) is 0 Å². The van der Waals surface area contributed by atoms with Gasteiger partial charge in [-0.15, -0.1) is 5.10 Å². The van der Waals surface area contributed by atoms with Gasteiger partial charge in [-0.2, -0.15) is 0 Å². The fourth-order valence-corrected chi connectivity index (χ4v) is 2.74. The van der Waals surface area contributed by atoms with Gasteiger partial charge in [-0.25, -0.2) is 4.68 Å². The van der Waals surface area contributed by atoms with Gasteiger partial charge in [-0.1, -0.05) is 5.21 Å². The fourth-order valence-electron chi connectivity index (χ4n) is 2.74. The minimum atomic E-state index is -0.303. The molecule has 8 nitrogen and oxygen atoms in total. The normalized spacial score (nSPS) is 15.1. The van der Waals surface area contributed by atoms with Crippen molar-refractivity contribution in [2.75, 3.05) is 32.6 Å². The Kier molecular flexibility index (Phi) is 4.95. The van der Waals surface area contributed by atoms with Gasteiger partial charge in [0.2, 0.25) is 0 Å². The van der Waals surface area contributed by atoms with E-state index in [1.165, 1.54) is 0 Å². The number of anilines is 1. The highest BCUT2D eigenvalue weighted by molar-refractivity contribution is 6.02. The molecular formula is C16H21N5O3. The third kappa shape index (κ3) is 3.48. The fraction of sp³-hybridized carbons (Fsp3) is 0.438. The quantitative estimate of drug-likeness (QED) is 0.862. The molecule has 2 heterocycles. The number of amides is 1. The lowest BCUT2D eigenvalue weighted by molar-refractivity contribution is 0.102. The van der Waals surface area contributed by atoms with Crippen molar-refractivity contribution in [3.63, 3.8) is 0 Å². The van der Waals surface area contributed by atoms with Crippen LogP contribution in [0.1, 0.15) is 29.4 Å². The molecule has 1 amide bonds. The lowest BCUT2D eigenvalue weighted by atomic mass is 10.1. The zero-order valence-corrected chi connectivity index (χ0v) is 13.8. The van der Waals surface area contributed by atoms with Crippen LogP contribution in [0.3, 0.4) is 0 Å². The molecule has 2 aromatic rings. The lowest BCUT2D eigenvalue weighted by Gasteiger charge is -2.22. The Morgan fingerprint density at radius 2 is 2.00 bits per heavy atom. The zero-order valence-electron chi connectivity index (χ0n) is 13.8. The minimum Gasteiger partial charge on any atom is -0.493 e. The Balaban J connectivity index is 1.70. The van der Waals surface area contributed by atoms with E-state index in [1.807, 2.05) is 0 Å². The van der Waals surface area contributed by atoms with Crippen LogP contribution in [0, 0.1) is 0 Å². The van der Waals surface area contributed by atoms with Crippen molar-refractivity contribution in [3.05, 3.63) is 30.1 Å². The molecular weight excluding hydrogens is 310 g/mol. The molecule has 1 aromatic carbocycles. The van der Waals surface area contributed by atoms with Crippen LogP contribution in [0.4, 0.5) is 5.69 Å². The van der Waals surface area contributed by atoms with Crippen molar-refractivity contribution in [2.24, 2.45) is 0 Å². The van der Waals surface area contributed by atoms with Crippen LogP contribution >= 0.6 is 0 Å². The van der Waals surface area contributed by atoms with Gasteiger partial charge in [-0.05, 0) is 38.1 Å². The van der Waals surface area contributed by atoms with E-state index < -0.39 is 0 Å². The largest absolute Gasteiger partial charge is 0.493 e. The van der Waals surface area contributed by atoms with Crippen LogP contribution < -0.4 is 20.1 Å². The van der Waals surface area contributed by atoms with Gasteiger partial charge < -0.3 is 20.1 Å². The first-order valence-corrected chi connectivity index (χ1v) is 7.87. The molecule has 0 saturated carbocycles. The summed E-state index contributed by atoms with van der Waals surface area (Å²) in [4.78, 5) is 12.4. The molecule has 0 spiro atoms. The molecule has 3 rings (SSSR count). The predicted molar refractivity (Wildman–Crippen MR) is 88.7 cm³/mol. The molecule has 24 heavy (non-hydrogen) atoms. The lowest BCUT2D eigenvalue weighted by Crippen LogP contribution is -2.29. The van der Waals surface area contributed by atoms with Gasteiger partial charge in [0.15, 0.2) is 17.2 Å². The Bertz CT molecular complexity index is 709. The molecule has 1 aromatic heterocycles. The van der Waals surface area contributed by atoms with Gasteiger partial charge in [0.25, 0.3) is 5.91 Å². The van der Waals surface area contributed by atoms with Crippen molar-refractivity contribution in [2.45, 2.75) is 18.9 Å². The summed E-state index contributed by atoms with van der Waals surface area (Å²) in [5, 5.41) is 14.2. The Morgan fingerprint density at radius 3 is 2.71 bits per heavy atom. The number of methoxy groups -OCH3 is 2. The second-order valence-electron chi connectivity index (χ2n) is 5.59. The maximum atomic E-state index is 12.4. The molecule has 0 bridgehead atoms. The number of aromatic nitrogens is 3. The van der Waals surface area contributed by atoms with E-state index in [2.05, 4.69) is 20.9 Å². The molecule has 8 heteroatoms. The number of nitrogens with zero attached hydrogens (tertiary/aromatic N) is 3. The van der Waals surface area contributed by atoms with E-state index in [0.717, 1.165) is 25.9 Å². The number of benzene rings is 1. The summed E-state index contributed by atoms with van der Waals surface area (Å²) in [5.74, 6) is 0.850. The second kappa shape index (κ2) is 7.31. The maximum Gasteiger partial charge on any atom is 0.277 e. The average Bonchev–Trinajstić information content (AvgIpc) is 3.12. The van der Waals surface area contributed by atoms with Crippen molar-refractivity contribution in [1.82, 2.24) is 20.3 Å². The number of carbonyl (C=O) groups is 1. The summed E-state index contributed by atoms with van der Waals surface area (Å²) in [6.07, 6.45) is 3.67. The molecule has 0 aliphatic carbocycles. The molecule has 1 aliphatic heterocycles. The SMILES string of the molecule is COc1ccc(NC(=O)c2cn(C3CCNCC3)nn2)cc1OC. The first-order chi connectivity index (χ1) is 11.7. The van der Waals surface area contributed by atoms with E-state index in [4.69, 9.17) is 9.47 Å². The van der Waals surface area contributed by atoms with Crippen LogP contribution in [0.5, 0.6) is 11.5 Å². The van der Waals surface area contributed by atoms with Crippen molar-refractivity contribution in [3.8, 4) is 11.5 Å². The van der Waals surface area contributed by atoms with Gasteiger partial charge in [0.05, 0.1) is 26.5 Å². The molecule has 0 unspecified atom stereocenters. The number of nitrogens with one attached hydrogen (secondary N) is 2. The smallest absolute Gasteiger partial charge is 0.277 e. The van der Waals surface area contributed by atoms with Crippen LogP contribution in [-0.4, -0.2) is 48.2 Å². The summed E-state index contributed by atoms with van der Waals surface area (Å²) in [6.45, 7) is 1.91. The van der Waals surface area contributed by atoms with E-state index in [9.17, 15) is 4.79 Å². The highest BCUT2D eigenvalue weighted by Crippen LogP contribution is 2.29. The van der Waals surface area contributed by atoms with Crippen LogP contribution in [0.25, 0.3) is 0 Å². The van der Waals surface area contributed by atoms with E-state index >= 15 is 0 Å². The first-order valence-electron chi connectivity index (χ1n) is 7.87. The van der Waals surface area contributed by atoms with Gasteiger partial charge in [0, 0.05) is 11.8 Å². The van der Waals surface area contributed by atoms with E-state index in [1.54, 1.807) is 43.3 Å². The highest BCUT2D eigenvalue weighted by atomic mass is 16.5. The number of hydrogen-bond acceptors (Lipinski definition) is 6. The van der Waals surface area contributed by atoms with Crippen molar-refractivity contribution >= 4 is 11.6 Å². The number of ether oxygens (including phenoxy) is 2. The summed E-state index contributed by atoms with van der Waals surface area (Å²) in [5.41, 5.74) is 0.900. The second-order valence-corrected chi connectivity index (χ2v) is 5.59. The standard InChI is InChI=1S/C16H21N5O3/c1-23-14-4-3-11(9-15(14)24-2)18-16(22)13-10-21(20-19-13)12-5-7-17-8-6-12/h3-4,9-10,12,17H,5-8H2,1-2H3,(H,18,22). The first kappa shape index (κ1) is 16.3.